The van der Waals surface area contributed by atoms with Gasteiger partial charge in [-0.15, -0.1) is 0 Å². The van der Waals surface area contributed by atoms with E-state index in [1.165, 1.54) is 70.6 Å². The number of hydrogen-bond donors (Lipinski definition) is 1. The Morgan fingerprint density at radius 2 is 0.894 bits per heavy atom. The topological polar surface area (TPSA) is 63.6 Å². The van der Waals surface area contributed by atoms with Gasteiger partial charge in [-0.1, -0.05) is 164 Å². The number of carbonyl (C=O) groups is 2. The van der Waals surface area contributed by atoms with Crippen LogP contribution in [0.1, 0.15) is 194 Å². The summed E-state index contributed by atoms with van der Waals surface area (Å²) in [7, 11) is 0. The summed E-state index contributed by atoms with van der Waals surface area (Å²) in [5.74, 6) is -0.761. The molecule has 0 heterocycles. The molecule has 0 aromatic rings. The van der Waals surface area contributed by atoms with Gasteiger partial charge in [0.2, 0.25) is 0 Å². The van der Waals surface area contributed by atoms with E-state index < -0.39 is 5.97 Å². The minimum absolute atomic E-state index is 0.0262. The van der Waals surface area contributed by atoms with Gasteiger partial charge in [0.1, 0.15) is 6.10 Å². The number of rotatable bonds is 35. The standard InChI is InChI=1S/C43H74O4/c1-3-5-7-9-11-13-15-17-18-19-20-21-23-25-27-32-36-40-43(46)47-41(38-34-30-28-31-35-39-42(44)45)37-33-29-26-24-22-16-14-12-10-8-6-4-2/h5,7,11,13,17-18,20-21,25,27,41H,3-4,6,8-10,12,14-16,19,22-24,26,28-40H2,1-2H3,(H,44,45)/b7-5-,13-11-,18-17-,21-20-,27-25-. The van der Waals surface area contributed by atoms with E-state index in [-0.39, 0.29) is 18.5 Å². The average Bonchev–Trinajstić information content (AvgIpc) is 3.05. The molecule has 4 heteroatoms. The van der Waals surface area contributed by atoms with Crippen LogP contribution in [0.15, 0.2) is 60.8 Å². The first-order valence-electron chi connectivity index (χ1n) is 19.8. The Hall–Kier alpha value is -2.36. The lowest BCUT2D eigenvalue weighted by molar-refractivity contribution is -0.150. The van der Waals surface area contributed by atoms with Gasteiger partial charge < -0.3 is 9.84 Å². The number of carboxylic acids is 1. The molecule has 0 fully saturated rings. The summed E-state index contributed by atoms with van der Waals surface area (Å²) in [6, 6.07) is 0. The van der Waals surface area contributed by atoms with Gasteiger partial charge in [-0.05, 0) is 77.0 Å². The van der Waals surface area contributed by atoms with Crippen molar-refractivity contribution in [3.63, 3.8) is 0 Å². The molecule has 47 heavy (non-hydrogen) atoms. The van der Waals surface area contributed by atoms with Crippen LogP contribution in [0.4, 0.5) is 0 Å². The highest BCUT2D eigenvalue weighted by atomic mass is 16.5. The van der Waals surface area contributed by atoms with Crippen LogP contribution in [0, 0.1) is 0 Å². The molecule has 1 atom stereocenters. The Bertz CT molecular complexity index is 835. The third kappa shape index (κ3) is 38.0. The lowest BCUT2D eigenvalue weighted by atomic mass is 10.0. The summed E-state index contributed by atoms with van der Waals surface area (Å²) in [6.07, 6.45) is 52.4. The SMILES string of the molecule is CC/C=C\C/C=C\C/C=C\C/C=C\C/C=C\CCCC(=O)OC(CCCCCCCCCCCCCC)CCCCCCCC(=O)O. The molecule has 0 spiro atoms. The summed E-state index contributed by atoms with van der Waals surface area (Å²) in [5, 5.41) is 8.82. The van der Waals surface area contributed by atoms with Gasteiger partial charge in [-0.25, -0.2) is 0 Å². The van der Waals surface area contributed by atoms with E-state index in [0.29, 0.717) is 6.42 Å². The van der Waals surface area contributed by atoms with Gasteiger partial charge in [0.15, 0.2) is 0 Å². The van der Waals surface area contributed by atoms with E-state index in [2.05, 4.69) is 74.6 Å². The number of allylic oxidation sites excluding steroid dienone is 10. The summed E-state index contributed by atoms with van der Waals surface area (Å²) in [6.45, 7) is 4.43. The number of carboxylic acid groups (broad SMARTS) is 1. The van der Waals surface area contributed by atoms with Crippen LogP contribution >= 0.6 is 0 Å². The maximum atomic E-state index is 12.6. The summed E-state index contributed by atoms with van der Waals surface area (Å²) < 4.78 is 5.97. The molecule has 1 unspecified atom stereocenters. The van der Waals surface area contributed by atoms with Crippen LogP contribution in [0.2, 0.25) is 0 Å². The third-order valence-electron chi connectivity index (χ3n) is 8.50. The highest BCUT2D eigenvalue weighted by Gasteiger charge is 2.14. The predicted molar refractivity (Wildman–Crippen MR) is 204 cm³/mol. The van der Waals surface area contributed by atoms with Crippen molar-refractivity contribution in [3.8, 4) is 0 Å². The normalized spacial score (nSPS) is 12.9. The van der Waals surface area contributed by atoms with Crippen LogP contribution in [0.25, 0.3) is 0 Å². The van der Waals surface area contributed by atoms with Gasteiger partial charge in [0.05, 0.1) is 0 Å². The first-order valence-corrected chi connectivity index (χ1v) is 19.8. The molecule has 1 N–H and O–H groups in total. The first kappa shape index (κ1) is 44.6. The van der Waals surface area contributed by atoms with Gasteiger partial charge in [-0.3, -0.25) is 9.59 Å². The minimum atomic E-state index is -0.708. The molecular formula is C43H74O4. The number of unbranched alkanes of at least 4 members (excludes halogenated alkanes) is 16. The fraction of sp³-hybridized carbons (Fsp3) is 0.721. The molecule has 4 nitrogen and oxygen atoms in total. The zero-order valence-corrected chi connectivity index (χ0v) is 30.8. The van der Waals surface area contributed by atoms with E-state index >= 15 is 0 Å². The third-order valence-corrected chi connectivity index (χ3v) is 8.50. The number of hydrogen-bond acceptors (Lipinski definition) is 3. The van der Waals surface area contributed by atoms with Gasteiger partial charge >= 0.3 is 11.9 Å². The van der Waals surface area contributed by atoms with Crippen molar-refractivity contribution in [2.24, 2.45) is 0 Å². The fourth-order valence-corrected chi connectivity index (χ4v) is 5.63. The zero-order chi connectivity index (χ0) is 34.3. The summed E-state index contributed by atoms with van der Waals surface area (Å²) >= 11 is 0. The zero-order valence-electron chi connectivity index (χ0n) is 30.8. The van der Waals surface area contributed by atoms with Crippen molar-refractivity contribution in [2.75, 3.05) is 0 Å². The van der Waals surface area contributed by atoms with E-state index in [1.54, 1.807) is 0 Å². The average molecular weight is 655 g/mol. The Morgan fingerprint density at radius 3 is 1.34 bits per heavy atom. The molecule has 270 valence electrons. The van der Waals surface area contributed by atoms with Crippen molar-refractivity contribution >= 4 is 11.9 Å². The van der Waals surface area contributed by atoms with Crippen LogP contribution in [0.3, 0.4) is 0 Å². The van der Waals surface area contributed by atoms with Crippen LogP contribution in [-0.4, -0.2) is 23.1 Å². The second-order valence-electron chi connectivity index (χ2n) is 13.1. The largest absolute Gasteiger partial charge is 0.481 e. The molecule has 0 saturated heterocycles. The van der Waals surface area contributed by atoms with E-state index in [9.17, 15) is 9.59 Å². The Morgan fingerprint density at radius 1 is 0.489 bits per heavy atom. The van der Waals surface area contributed by atoms with Crippen molar-refractivity contribution in [1.29, 1.82) is 0 Å². The van der Waals surface area contributed by atoms with Gasteiger partial charge in [-0.2, -0.15) is 0 Å². The Kier molecular flexibility index (Phi) is 36.2. The molecule has 0 aromatic carbocycles. The smallest absolute Gasteiger partial charge is 0.306 e. The lowest BCUT2D eigenvalue weighted by Gasteiger charge is -2.18. The molecule has 0 bridgehead atoms. The Balaban J connectivity index is 4.16. The molecule has 0 radical (unpaired) electrons. The van der Waals surface area contributed by atoms with E-state index in [4.69, 9.17) is 9.84 Å². The minimum Gasteiger partial charge on any atom is -0.481 e. The molecule has 0 saturated carbocycles. The number of ether oxygens (including phenoxy) is 1. The van der Waals surface area contributed by atoms with Crippen LogP contribution in [-0.2, 0) is 14.3 Å². The summed E-state index contributed by atoms with van der Waals surface area (Å²) in [4.78, 5) is 23.4. The number of carbonyl (C=O) groups excluding carboxylic acids is 1. The second kappa shape index (κ2) is 38.1. The van der Waals surface area contributed by atoms with Crippen molar-refractivity contribution in [1.82, 2.24) is 0 Å². The lowest BCUT2D eigenvalue weighted by Crippen LogP contribution is -2.18. The molecule has 0 rings (SSSR count). The quantitative estimate of drug-likeness (QED) is 0.0419. The van der Waals surface area contributed by atoms with Crippen LogP contribution < -0.4 is 0 Å². The molecule has 0 amide bonds. The maximum Gasteiger partial charge on any atom is 0.306 e. The predicted octanol–water partition coefficient (Wildman–Crippen LogP) is 13.7. The van der Waals surface area contributed by atoms with E-state index in [0.717, 1.165) is 96.3 Å². The molecular weight excluding hydrogens is 580 g/mol. The highest BCUT2D eigenvalue weighted by molar-refractivity contribution is 5.69. The molecule has 0 aromatic heterocycles. The van der Waals surface area contributed by atoms with Crippen molar-refractivity contribution in [3.05, 3.63) is 60.8 Å². The van der Waals surface area contributed by atoms with Crippen molar-refractivity contribution in [2.45, 2.75) is 200 Å². The maximum absolute atomic E-state index is 12.6. The number of esters is 1. The molecule has 0 aliphatic heterocycles. The van der Waals surface area contributed by atoms with Gasteiger partial charge in [0.25, 0.3) is 0 Å². The fourth-order valence-electron chi connectivity index (χ4n) is 5.63. The van der Waals surface area contributed by atoms with Crippen molar-refractivity contribution < 1.29 is 19.4 Å². The monoisotopic (exact) mass is 655 g/mol. The van der Waals surface area contributed by atoms with Gasteiger partial charge in [0, 0.05) is 12.8 Å². The molecule has 0 aliphatic carbocycles. The summed E-state index contributed by atoms with van der Waals surface area (Å²) in [5.41, 5.74) is 0. The van der Waals surface area contributed by atoms with Crippen LogP contribution in [0.5, 0.6) is 0 Å². The highest BCUT2D eigenvalue weighted by Crippen LogP contribution is 2.18. The first-order chi connectivity index (χ1) is 23.1. The number of aliphatic carboxylic acids is 1. The second-order valence-corrected chi connectivity index (χ2v) is 13.1. The molecule has 0 aliphatic rings. The van der Waals surface area contributed by atoms with E-state index in [1.807, 2.05) is 0 Å². The Labute approximate surface area is 291 Å².